The molecule has 2 N–H and O–H groups in total. The zero-order valence-electron chi connectivity index (χ0n) is 8.37. The molecule has 0 bridgehead atoms. The molecule has 2 rings (SSSR count). The molecular weight excluding hydrogens is 214 g/mol. The first-order chi connectivity index (χ1) is 7.25. The number of halogens is 1. The topological polar surface area (TPSA) is 57.8 Å². The van der Waals surface area contributed by atoms with E-state index in [-0.39, 0.29) is 5.91 Å². The molecular formula is C10H14ClN3O. The van der Waals surface area contributed by atoms with Crippen LogP contribution in [0.5, 0.6) is 0 Å². The van der Waals surface area contributed by atoms with Gasteiger partial charge in [-0.25, -0.2) is 0 Å². The zero-order valence-corrected chi connectivity index (χ0v) is 9.13. The van der Waals surface area contributed by atoms with Crippen LogP contribution in [0.2, 0.25) is 0 Å². The molecule has 1 heterocycles. The molecule has 4 nitrogen and oxygen atoms in total. The predicted octanol–water partition coefficient (Wildman–Crippen LogP) is 1.55. The van der Waals surface area contributed by atoms with E-state index in [0.717, 1.165) is 19.3 Å². The third-order valence-corrected chi connectivity index (χ3v) is 3.17. The van der Waals surface area contributed by atoms with Gasteiger partial charge >= 0.3 is 0 Å². The van der Waals surface area contributed by atoms with Gasteiger partial charge in [-0.15, -0.1) is 11.6 Å². The van der Waals surface area contributed by atoms with E-state index < -0.39 is 0 Å². The van der Waals surface area contributed by atoms with Crippen molar-refractivity contribution >= 4 is 17.5 Å². The molecule has 0 aromatic carbocycles. The van der Waals surface area contributed by atoms with Crippen LogP contribution in [-0.2, 0) is 0 Å². The monoisotopic (exact) mass is 227 g/mol. The molecule has 2 unspecified atom stereocenters. The van der Waals surface area contributed by atoms with Gasteiger partial charge < -0.3 is 5.32 Å². The molecule has 1 fully saturated rings. The molecule has 2 atom stereocenters. The summed E-state index contributed by atoms with van der Waals surface area (Å²) in [4.78, 5) is 11.5. The molecule has 0 spiro atoms. The third kappa shape index (κ3) is 2.72. The molecule has 0 aliphatic heterocycles. The van der Waals surface area contributed by atoms with Crippen LogP contribution < -0.4 is 5.32 Å². The summed E-state index contributed by atoms with van der Waals surface area (Å²) >= 11 is 5.99. The standard InChI is InChI=1S/C10H14ClN3O/c11-8-2-1-7(5-8)6-12-10(15)9-3-4-13-14-9/h3-4,7-8H,1-2,5-6H2,(H,12,15)(H,13,14). The van der Waals surface area contributed by atoms with Crippen LogP contribution in [0.15, 0.2) is 12.3 Å². The number of carbonyl (C=O) groups excluding carboxylic acids is 1. The molecule has 1 amide bonds. The van der Waals surface area contributed by atoms with Gasteiger partial charge in [-0.1, -0.05) is 0 Å². The summed E-state index contributed by atoms with van der Waals surface area (Å²) in [6, 6.07) is 1.66. The van der Waals surface area contributed by atoms with Crippen LogP contribution in [0.1, 0.15) is 29.8 Å². The fourth-order valence-electron chi connectivity index (χ4n) is 1.91. The molecule has 1 saturated carbocycles. The first-order valence-corrected chi connectivity index (χ1v) is 5.61. The van der Waals surface area contributed by atoms with Gasteiger partial charge in [0.2, 0.25) is 0 Å². The van der Waals surface area contributed by atoms with Crippen molar-refractivity contribution in [3.63, 3.8) is 0 Å². The summed E-state index contributed by atoms with van der Waals surface area (Å²) in [5, 5.41) is 9.53. The lowest BCUT2D eigenvalue weighted by Gasteiger charge is -2.09. The van der Waals surface area contributed by atoms with Gasteiger partial charge in [0, 0.05) is 18.1 Å². The second-order valence-electron chi connectivity index (χ2n) is 3.96. The summed E-state index contributed by atoms with van der Waals surface area (Å²) in [6.07, 6.45) is 4.74. The van der Waals surface area contributed by atoms with Crippen molar-refractivity contribution in [3.8, 4) is 0 Å². The highest BCUT2D eigenvalue weighted by molar-refractivity contribution is 6.20. The normalized spacial score (nSPS) is 25.4. The van der Waals surface area contributed by atoms with Gasteiger partial charge in [-0.3, -0.25) is 9.89 Å². The van der Waals surface area contributed by atoms with Crippen molar-refractivity contribution in [2.24, 2.45) is 5.92 Å². The minimum Gasteiger partial charge on any atom is -0.350 e. The maximum atomic E-state index is 11.5. The lowest BCUT2D eigenvalue weighted by atomic mass is 10.1. The van der Waals surface area contributed by atoms with Crippen LogP contribution in [0.4, 0.5) is 0 Å². The minimum atomic E-state index is -0.0921. The van der Waals surface area contributed by atoms with Crippen LogP contribution in [-0.4, -0.2) is 28.0 Å². The highest BCUT2D eigenvalue weighted by Gasteiger charge is 2.23. The van der Waals surface area contributed by atoms with Gasteiger partial charge in [-0.2, -0.15) is 5.10 Å². The van der Waals surface area contributed by atoms with Crippen molar-refractivity contribution in [2.75, 3.05) is 6.54 Å². The van der Waals surface area contributed by atoms with Crippen molar-refractivity contribution in [1.82, 2.24) is 15.5 Å². The van der Waals surface area contributed by atoms with Crippen LogP contribution in [0.3, 0.4) is 0 Å². The molecule has 82 valence electrons. The number of carbonyl (C=O) groups is 1. The second-order valence-corrected chi connectivity index (χ2v) is 4.57. The van der Waals surface area contributed by atoms with Gasteiger partial charge in [0.25, 0.3) is 5.91 Å². The number of alkyl halides is 1. The Morgan fingerprint density at radius 1 is 1.67 bits per heavy atom. The first kappa shape index (κ1) is 10.5. The number of hydrogen-bond donors (Lipinski definition) is 2. The zero-order chi connectivity index (χ0) is 10.7. The maximum absolute atomic E-state index is 11.5. The van der Waals surface area contributed by atoms with Crippen molar-refractivity contribution in [3.05, 3.63) is 18.0 Å². The van der Waals surface area contributed by atoms with E-state index in [0.29, 0.717) is 23.5 Å². The Kier molecular flexibility index (Phi) is 3.26. The fourth-order valence-corrected chi connectivity index (χ4v) is 2.29. The Labute approximate surface area is 93.4 Å². The highest BCUT2D eigenvalue weighted by Crippen LogP contribution is 2.28. The molecule has 0 radical (unpaired) electrons. The Bertz CT molecular complexity index is 325. The molecule has 1 aromatic rings. The molecule has 15 heavy (non-hydrogen) atoms. The fraction of sp³-hybridized carbons (Fsp3) is 0.600. The van der Waals surface area contributed by atoms with E-state index in [4.69, 9.17) is 11.6 Å². The number of nitrogens with one attached hydrogen (secondary N) is 2. The maximum Gasteiger partial charge on any atom is 0.269 e. The summed E-state index contributed by atoms with van der Waals surface area (Å²) < 4.78 is 0. The quantitative estimate of drug-likeness (QED) is 0.770. The van der Waals surface area contributed by atoms with E-state index in [1.54, 1.807) is 12.3 Å². The molecule has 1 aromatic heterocycles. The Balaban J connectivity index is 1.76. The summed E-state index contributed by atoms with van der Waals surface area (Å²) in [5.74, 6) is 0.435. The van der Waals surface area contributed by atoms with E-state index >= 15 is 0 Å². The average Bonchev–Trinajstić information content (AvgIpc) is 2.84. The third-order valence-electron chi connectivity index (χ3n) is 2.77. The number of aromatic nitrogens is 2. The first-order valence-electron chi connectivity index (χ1n) is 5.17. The number of hydrogen-bond acceptors (Lipinski definition) is 2. The largest absolute Gasteiger partial charge is 0.350 e. The van der Waals surface area contributed by atoms with E-state index in [2.05, 4.69) is 15.5 Å². The lowest BCUT2D eigenvalue weighted by molar-refractivity contribution is 0.0942. The number of amides is 1. The predicted molar refractivity (Wildman–Crippen MR) is 57.9 cm³/mol. The summed E-state index contributed by atoms with van der Waals surface area (Å²) in [7, 11) is 0. The highest BCUT2D eigenvalue weighted by atomic mass is 35.5. The second kappa shape index (κ2) is 4.66. The summed E-state index contributed by atoms with van der Waals surface area (Å²) in [6.45, 7) is 0.709. The SMILES string of the molecule is O=C(NCC1CCC(Cl)C1)c1ccn[nH]1. The molecule has 5 heteroatoms. The molecule has 1 aliphatic carbocycles. The lowest BCUT2D eigenvalue weighted by Crippen LogP contribution is -2.28. The Morgan fingerprint density at radius 2 is 2.53 bits per heavy atom. The number of aromatic amines is 1. The van der Waals surface area contributed by atoms with Crippen molar-refractivity contribution in [2.45, 2.75) is 24.6 Å². The number of nitrogens with zero attached hydrogens (tertiary/aromatic N) is 1. The smallest absolute Gasteiger partial charge is 0.269 e. The average molecular weight is 228 g/mol. The van der Waals surface area contributed by atoms with Gasteiger partial charge in [-0.05, 0) is 31.2 Å². The number of H-pyrrole nitrogens is 1. The van der Waals surface area contributed by atoms with Crippen LogP contribution in [0, 0.1) is 5.92 Å². The Morgan fingerprint density at radius 3 is 3.13 bits per heavy atom. The van der Waals surface area contributed by atoms with Gasteiger partial charge in [0.05, 0.1) is 0 Å². The van der Waals surface area contributed by atoms with Crippen LogP contribution >= 0.6 is 11.6 Å². The Hall–Kier alpha value is -1.03. The van der Waals surface area contributed by atoms with E-state index in [1.807, 2.05) is 0 Å². The van der Waals surface area contributed by atoms with Gasteiger partial charge in [0.15, 0.2) is 0 Å². The van der Waals surface area contributed by atoms with Crippen molar-refractivity contribution < 1.29 is 4.79 Å². The van der Waals surface area contributed by atoms with E-state index in [1.165, 1.54) is 0 Å². The summed E-state index contributed by atoms with van der Waals surface area (Å²) in [5.41, 5.74) is 0.510. The number of rotatable bonds is 3. The molecule has 1 aliphatic rings. The molecule has 0 saturated heterocycles. The van der Waals surface area contributed by atoms with Crippen LogP contribution in [0.25, 0.3) is 0 Å². The van der Waals surface area contributed by atoms with Crippen molar-refractivity contribution in [1.29, 1.82) is 0 Å². The minimum absolute atomic E-state index is 0.0921. The van der Waals surface area contributed by atoms with Gasteiger partial charge in [0.1, 0.15) is 5.69 Å². The van der Waals surface area contributed by atoms with E-state index in [9.17, 15) is 4.79 Å².